The van der Waals surface area contributed by atoms with Crippen LogP contribution >= 0.6 is 11.3 Å². The predicted molar refractivity (Wildman–Crippen MR) is 134 cm³/mol. The Hall–Kier alpha value is -3.30. The molecule has 0 spiro atoms. The van der Waals surface area contributed by atoms with Crippen molar-refractivity contribution in [2.75, 3.05) is 33.2 Å². The number of nitrogens with zero attached hydrogens (tertiary/aromatic N) is 3. The molecule has 0 fully saturated rings. The Balaban J connectivity index is 1.51. The Morgan fingerprint density at radius 3 is 2.53 bits per heavy atom. The van der Waals surface area contributed by atoms with E-state index in [0.717, 1.165) is 36.3 Å². The van der Waals surface area contributed by atoms with Gasteiger partial charge >= 0.3 is 0 Å². The fourth-order valence-corrected chi connectivity index (χ4v) is 4.97. The number of halogens is 1. The maximum absolute atomic E-state index is 14.7. The van der Waals surface area contributed by atoms with Crippen LogP contribution in [0.2, 0.25) is 0 Å². The summed E-state index contributed by atoms with van der Waals surface area (Å²) in [7, 11) is 1.51. The number of hydrogen-bond acceptors (Lipinski definition) is 5. The minimum Gasteiger partial charge on any atom is -0.355 e. The van der Waals surface area contributed by atoms with Gasteiger partial charge in [0.25, 0.3) is 11.8 Å². The van der Waals surface area contributed by atoms with Gasteiger partial charge < -0.3 is 15.5 Å². The normalized spacial score (nSPS) is 11.4. The van der Waals surface area contributed by atoms with Gasteiger partial charge in [0, 0.05) is 36.5 Å². The molecule has 0 aliphatic carbocycles. The van der Waals surface area contributed by atoms with E-state index in [2.05, 4.69) is 34.4 Å². The average Bonchev–Trinajstić information content (AvgIpc) is 3.40. The van der Waals surface area contributed by atoms with Gasteiger partial charge in [0.1, 0.15) is 5.82 Å². The average molecular weight is 482 g/mol. The molecular formula is C25H28FN5O2S. The summed E-state index contributed by atoms with van der Waals surface area (Å²) < 4.78 is 17.5. The van der Waals surface area contributed by atoms with Crippen LogP contribution in [0.4, 0.5) is 4.39 Å². The lowest BCUT2D eigenvalue weighted by Crippen LogP contribution is -2.29. The van der Waals surface area contributed by atoms with Crippen molar-refractivity contribution in [2.24, 2.45) is 0 Å². The zero-order valence-electron chi connectivity index (χ0n) is 19.5. The van der Waals surface area contributed by atoms with Gasteiger partial charge in [-0.25, -0.2) is 9.37 Å². The van der Waals surface area contributed by atoms with E-state index in [1.165, 1.54) is 24.5 Å². The molecule has 0 aliphatic rings. The fourth-order valence-electron chi connectivity index (χ4n) is 3.93. The highest BCUT2D eigenvalue weighted by molar-refractivity contribution is 7.23. The quantitative estimate of drug-likeness (QED) is 0.352. The molecule has 0 saturated heterocycles. The Bertz CT molecular complexity index is 1340. The summed E-state index contributed by atoms with van der Waals surface area (Å²) in [5, 5.41) is 5.48. The number of amides is 2. The molecule has 2 N–H and O–H groups in total. The molecule has 0 saturated carbocycles. The summed E-state index contributed by atoms with van der Waals surface area (Å²) in [5.74, 6) is -0.937. The number of thiazole rings is 1. The summed E-state index contributed by atoms with van der Waals surface area (Å²) in [4.78, 5) is 31.9. The lowest BCUT2D eigenvalue weighted by atomic mass is 10.1. The standard InChI is InChI=1S/C25H28FN5O2S/c1-4-30(5-2)12-6-11-28-24(33)17-8-10-21-22(14-17)34-25-29-20(15-31(21)25)18-9-7-16(13-19(18)26)23(32)27-3/h7-10,13-15H,4-6,11-12H2,1-3H3,(H,27,32)(H,28,33). The van der Waals surface area contributed by atoms with E-state index in [-0.39, 0.29) is 17.4 Å². The van der Waals surface area contributed by atoms with E-state index in [0.29, 0.717) is 28.3 Å². The number of benzene rings is 2. The van der Waals surface area contributed by atoms with E-state index >= 15 is 0 Å². The van der Waals surface area contributed by atoms with Crippen molar-refractivity contribution in [1.29, 1.82) is 0 Å². The van der Waals surface area contributed by atoms with E-state index in [1.54, 1.807) is 24.4 Å². The summed E-state index contributed by atoms with van der Waals surface area (Å²) >= 11 is 1.44. The maximum atomic E-state index is 14.7. The third-order valence-electron chi connectivity index (χ3n) is 5.92. The molecule has 0 bridgehead atoms. The van der Waals surface area contributed by atoms with Crippen LogP contribution in [0.3, 0.4) is 0 Å². The Morgan fingerprint density at radius 2 is 1.82 bits per heavy atom. The van der Waals surface area contributed by atoms with Crippen molar-refractivity contribution >= 4 is 38.3 Å². The lowest BCUT2D eigenvalue weighted by molar-refractivity contribution is 0.0947. The molecule has 2 aromatic carbocycles. The highest BCUT2D eigenvalue weighted by atomic mass is 32.1. The molecule has 0 aliphatic heterocycles. The van der Waals surface area contributed by atoms with Gasteiger partial charge in [-0.1, -0.05) is 25.2 Å². The molecule has 178 valence electrons. The van der Waals surface area contributed by atoms with Crippen molar-refractivity contribution in [3.8, 4) is 11.3 Å². The first kappa shape index (κ1) is 23.8. The summed E-state index contributed by atoms with van der Waals surface area (Å²) in [6.07, 6.45) is 2.69. The van der Waals surface area contributed by atoms with Gasteiger partial charge in [-0.2, -0.15) is 0 Å². The van der Waals surface area contributed by atoms with Crippen molar-refractivity contribution in [1.82, 2.24) is 24.9 Å². The van der Waals surface area contributed by atoms with Crippen LogP contribution in [0, 0.1) is 5.82 Å². The number of aromatic nitrogens is 2. The molecule has 2 aromatic heterocycles. The number of nitrogens with one attached hydrogen (secondary N) is 2. The monoisotopic (exact) mass is 481 g/mol. The van der Waals surface area contributed by atoms with Gasteiger partial charge in [-0.15, -0.1) is 0 Å². The highest BCUT2D eigenvalue weighted by Gasteiger charge is 2.16. The first-order valence-electron chi connectivity index (χ1n) is 11.4. The smallest absolute Gasteiger partial charge is 0.251 e. The van der Waals surface area contributed by atoms with Crippen LogP contribution in [0.25, 0.3) is 26.4 Å². The summed E-state index contributed by atoms with van der Waals surface area (Å²) in [6, 6.07) is 9.92. The first-order valence-corrected chi connectivity index (χ1v) is 12.2. The van der Waals surface area contributed by atoms with Crippen molar-refractivity contribution in [3.63, 3.8) is 0 Å². The maximum Gasteiger partial charge on any atom is 0.251 e. The number of imidazole rings is 1. The topological polar surface area (TPSA) is 78.7 Å². The van der Waals surface area contributed by atoms with Gasteiger partial charge in [0.05, 0.1) is 15.9 Å². The highest BCUT2D eigenvalue weighted by Crippen LogP contribution is 2.31. The molecular weight excluding hydrogens is 453 g/mol. The SMILES string of the molecule is CCN(CC)CCCNC(=O)c1ccc2c(c1)sc1nc(-c3ccc(C(=O)NC)cc3F)cn12. The number of carbonyl (C=O) groups is 2. The minimum atomic E-state index is -0.504. The van der Waals surface area contributed by atoms with Crippen molar-refractivity contribution < 1.29 is 14.0 Å². The Kier molecular flexibility index (Phi) is 7.23. The van der Waals surface area contributed by atoms with E-state index < -0.39 is 5.82 Å². The first-order chi connectivity index (χ1) is 16.4. The molecule has 9 heteroatoms. The van der Waals surface area contributed by atoms with Crippen LogP contribution in [-0.4, -0.2) is 59.3 Å². The van der Waals surface area contributed by atoms with Crippen molar-refractivity contribution in [3.05, 3.63) is 59.5 Å². The molecule has 0 unspecified atom stereocenters. The van der Waals surface area contributed by atoms with Crippen molar-refractivity contribution in [2.45, 2.75) is 20.3 Å². The minimum absolute atomic E-state index is 0.0912. The van der Waals surface area contributed by atoms with E-state index in [4.69, 9.17) is 0 Å². The van der Waals surface area contributed by atoms with Crippen LogP contribution in [-0.2, 0) is 0 Å². The van der Waals surface area contributed by atoms with E-state index in [9.17, 15) is 14.0 Å². The summed E-state index contributed by atoms with van der Waals surface area (Å²) in [6.45, 7) is 7.89. The van der Waals surface area contributed by atoms with Gasteiger partial charge in [0.15, 0.2) is 4.96 Å². The third kappa shape index (κ3) is 4.80. The second-order valence-corrected chi connectivity index (χ2v) is 8.98. The molecule has 7 nitrogen and oxygen atoms in total. The predicted octanol–water partition coefficient (Wildman–Crippen LogP) is 4.18. The van der Waals surface area contributed by atoms with Crippen LogP contribution in [0.1, 0.15) is 41.0 Å². The third-order valence-corrected chi connectivity index (χ3v) is 6.94. The molecule has 4 aromatic rings. The number of fused-ring (bicyclic) bond motifs is 3. The molecule has 2 heterocycles. The molecule has 0 radical (unpaired) electrons. The molecule has 2 amide bonds. The second kappa shape index (κ2) is 10.3. The summed E-state index contributed by atoms with van der Waals surface area (Å²) in [5.41, 5.74) is 2.59. The fraction of sp³-hybridized carbons (Fsp3) is 0.320. The largest absolute Gasteiger partial charge is 0.355 e. The molecule has 0 atom stereocenters. The molecule has 4 rings (SSSR count). The zero-order valence-corrected chi connectivity index (χ0v) is 20.3. The molecule has 34 heavy (non-hydrogen) atoms. The van der Waals surface area contributed by atoms with Gasteiger partial charge in [0.2, 0.25) is 0 Å². The number of rotatable bonds is 9. The zero-order chi connectivity index (χ0) is 24.2. The van der Waals surface area contributed by atoms with Crippen LogP contribution in [0.5, 0.6) is 0 Å². The van der Waals surface area contributed by atoms with E-state index in [1.807, 2.05) is 16.5 Å². The van der Waals surface area contributed by atoms with Crippen LogP contribution < -0.4 is 10.6 Å². The number of hydrogen-bond donors (Lipinski definition) is 2. The van der Waals surface area contributed by atoms with Gasteiger partial charge in [-0.3, -0.25) is 14.0 Å². The number of carbonyl (C=O) groups excluding carboxylic acids is 2. The van der Waals surface area contributed by atoms with Crippen LogP contribution in [0.15, 0.2) is 42.6 Å². The lowest BCUT2D eigenvalue weighted by Gasteiger charge is -2.17. The van der Waals surface area contributed by atoms with Gasteiger partial charge in [-0.05, 0) is 62.5 Å². The Morgan fingerprint density at radius 1 is 1.09 bits per heavy atom. The Labute approximate surface area is 201 Å². The second-order valence-electron chi connectivity index (χ2n) is 7.97.